The molecule has 0 radical (unpaired) electrons. The van der Waals surface area contributed by atoms with Crippen LogP contribution in [0.25, 0.3) is 39.2 Å². The molecule has 0 atom stereocenters. The van der Waals surface area contributed by atoms with Gasteiger partial charge >= 0.3 is 5.97 Å². The summed E-state index contributed by atoms with van der Waals surface area (Å²) < 4.78 is 7.39. The Morgan fingerprint density at radius 2 is 1.51 bits per heavy atom. The largest absolute Gasteiger partial charge is 0.462 e. The number of fused-ring (bicyclic) bond motifs is 1. The summed E-state index contributed by atoms with van der Waals surface area (Å²) in [5, 5.41) is 5.86. The van der Waals surface area contributed by atoms with E-state index in [1.165, 1.54) is 11.8 Å². The van der Waals surface area contributed by atoms with E-state index in [2.05, 4.69) is 0 Å². The molecular weight excluding hydrogens is 454 g/mol. The molecule has 0 aliphatic heterocycles. The lowest BCUT2D eigenvalue weighted by atomic mass is 10.0. The predicted octanol–water partition coefficient (Wildman–Crippen LogP) is 6.96. The molecule has 35 heavy (non-hydrogen) atoms. The van der Waals surface area contributed by atoms with Crippen LogP contribution in [0.4, 0.5) is 0 Å². The Hall–Kier alpha value is -3.90. The Balaban J connectivity index is 1.93. The minimum atomic E-state index is -0.381. The highest BCUT2D eigenvalue weighted by atomic mass is 32.2. The van der Waals surface area contributed by atoms with Crippen molar-refractivity contribution in [1.82, 2.24) is 14.8 Å². The first-order chi connectivity index (χ1) is 17.1. The van der Waals surface area contributed by atoms with Gasteiger partial charge in [-0.3, -0.25) is 0 Å². The average Bonchev–Trinajstić information content (AvgIpc) is 3.28. The number of aromatic nitrogens is 3. The van der Waals surface area contributed by atoms with Crippen LogP contribution in [0.3, 0.4) is 0 Å². The van der Waals surface area contributed by atoms with E-state index in [1.807, 2.05) is 110 Å². The van der Waals surface area contributed by atoms with Gasteiger partial charge in [-0.25, -0.2) is 14.5 Å². The van der Waals surface area contributed by atoms with Crippen molar-refractivity contribution in [3.05, 3.63) is 96.1 Å². The van der Waals surface area contributed by atoms with Crippen LogP contribution in [0.15, 0.2) is 89.8 Å². The molecular formula is C29H25N3O2S. The highest BCUT2D eigenvalue weighted by Crippen LogP contribution is 2.41. The Kier molecular flexibility index (Phi) is 6.38. The van der Waals surface area contributed by atoms with Crippen molar-refractivity contribution in [3.8, 4) is 28.2 Å². The molecule has 5 nitrogen and oxygen atoms in total. The third-order valence-corrected chi connectivity index (χ3v) is 6.64. The Morgan fingerprint density at radius 3 is 2.14 bits per heavy atom. The molecule has 0 spiro atoms. The highest BCUT2D eigenvalue weighted by Gasteiger charge is 2.28. The van der Waals surface area contributed by atoms with Crippen molar-refractivity contribution in [3.63, 3.8) is 0 Å². The Morgan fingerprint density at radius 1 is 0.886 bits per heavy atom. The van der Waals surface area contributed by atoms with E-state index in [1.54, 1.807) is 0 Å². The molecule has 0 N–H and O–H groups in total. The van der Waals surface area contributed by atoms with Gasteiger partial charge in [-0.1, -0.05) is 78.4 Å². The Labute approximate surface area is 208 Å². The SMILES string of the molecule is CCOC(=O)c1c(-c2ccc(C)cc2)nc2c(c(-c3ccccc3)nn2-c2ccccc2)c1SC. The van der Waals surface area contributed by atoms with Crippen LogP contribution in [0.2, 0.25) is 0 Å². The number of esters is 1. The number of aryl methyl sites for hydroxylation is 1. The van der Waals surface area contributed by atoms with E-state index in [9.17, 15) is 4.79 Å². The average molecular weight is 480 g/mol. The number of thioether (sulfide) groups is 1. The minimum absolute atomic E-state index is 0.285. The number of hydrogen-bond acceptors (Lipinski definition) is 5. The summed E-state index contributed by atoms with van der Waals surface area (Å²) in [4.78, 5) is 19.3. The standard InChI is InChI=1S/C29H25N3O2S/c1-4-34-29(33)24-25(21-17-15-19(2)16-18-21)30-28-23(27(24)35-3)26(20-11-7-5-8-12-20)31-32(28)22-13-9-6-10-14-22/h5-18H,4H2,1-3H3. The molecule has 0 aliphatic rings. The van der Waals surface area contributed by atoms with Crippen LogP contribution in [-0.4, -0.2) is 33.6 Å². The minimum Gasteiger partial charge on any atom is -0.462 e. The third-order valence-electron chi connectivity index (χ3n) is 5.83. The van der Waals surface area contributed by atoms with Crippen LogP contribution in [0.1, 0.15) is 22.8 Å². The van der Waals surface area contributed by atoms with Crippen LogP contribution in [0, 0.1) is 6.92 Å². The summed E-state index contributed by atoms with van der Waals surface area (Å²) >= 11 is 1.51. The van der Waals surface area contributed by atoms with Crippen molar-refractivity contribution >= 4 is 28.8 Å². The fraction of sp³-hybridized carbons (Fsp3) is 0.138. The molecule has 0 saturated heterocycles. The summed E-state index contributed by atoms with van der Waals surface area (Å²) in [6.45, 7) is 4.14. The summed E-state index contributed by atoms with van der Waals surface area (Å²) in [5.74, 6) is -0.381. The second-order valence-corrected chi connectivity index (χ2v) is 8.93. The Bertz CT molecular complexity index is 1490. The highest BCUT2D eigenvalue weighted by molar-refractivity contribution is 7.99. The summed E-state index contributed by atoms with van der Waals surface area (Å²) in [6, 6.07) is 28.0. The van der Waals surface area contributed by atoms with Crippen molar-refractivity contribution in [2.45, 2.75) is 18.7 Å². The van der Waals surface area contributed by atoms with E-state index in [-0.39, 0.29) is 12.6 Å². The number of pyridine rings is 1. The molecule has 3 aromatic carbocycles. The van der Waals surface area contributed by atoms with E-state index in [0.29, 0.717) is 16.9 Å². The monoisotopic (exact) mass is 479 g/mol. The quantitative estimate of drug-likeness (QED) is 0.195. The zero-order chi connectivity index (χ0) is 24.4. The maximum Gasteiger partial charge on any atom is 0.341 e. The van der Waals surface area contributed by atoms with Gasteiger partial charge in [0.15, 0.2) is 5.65 Å². The van der Waals surface area contributed by atoms with Gasteiger partial charge in [-0.2, -0.15) is 5.10 Å². The lowest BCUT2D eigenvalue weighted by Crippen LogP contribution is -2.11. The number of rotatable bonds is 6. The van der Waals surface area contributed by atoms with Crippen LogP contribution in [0.5, 0.6) is 0 Å². The summed E-state index contributed by atoms with van der Waals surface area (Å²) in [6.07, 6.45) is 1.98. The van der Waals surface area contributed by atoms with Crippen molar-refractivity contribution < 1.29 is 9.53 Å². The van der Waals surface area contributed by atoms with E-state index in [4.69, 9.17) is 14.8 Å². The molecule has 0 saturated carbocycles. The molecule has 2 aromatic heterocycles. The number of carbonyl (C=O) groups is 1. The molecule has 2 heterocycles. The molecule has 0 amide bonds. The van der Waals surface area contributed by atoms with E-state index >= 15 is 0 Å². The van der Waals surface area contributed by atoms with Crippen LogP contribution < -0.4 is 0 Å². The molecule has 0 aliphatic carbocycles. The molecule has 0 unspecified atom stereocenters. The fourth-order valence-corrected chi connectivity index (χ4v) is 4.96. The molecule has 6 heteroatoms. The first-order valence-electron chi connectivity index (χ1n) is 11.5. The second kappa shape index (κ2) is 9.76. The van der Waals surface area contributed by atoms with Gasteiger partial charge in [0.25, 0.3) is 0 Å². The van der Waals surface area contributed by atoms with Crippen molar-refractivity contribution in [1.29, 1.82) is 0 Å². The van der Waals surface area contributed by atoms with Gasteiger partial charge in [-0.05, 0) is 32.2 Å². The van der Waals surface area contributed by atoms with Gasteiger partial charge in [-0.15, -0.1) is 11.8 Å². The maximum atomic E-state index is 13.4. The molecule has 0 fully saturated rings. The zero-order valence-electron chi connectivity index (χ0n) is 19.9. The number of hydrogen-bond donors (Lipinski definition) is 0. The van der Waals surface area contributed by atoms with Gasteiger partial charge < -0.3 is 4.74 Å². The first kappa shape index (κ1) is 22.9. The lowest BCUT2D eigenvalue weighted by Gasteiger charge is -2.15. The fourth-order valence-electron chi connectivity index (χ4n) is 4.18. The van der Waals surface area contributed by atoms with E-state index in [0.717, 1.165) is 38.4 Å². The molecule has 5 rings (SSSR count). The van der Waals surface area contributed by atoms with Gasteiger partial charge in [0, 0.05) is 16.0 Å². The lowest BCUT2D eigenvalue weighted by molar-refractivity contribution is 0.0523. The van der Waals surface area contributed by atoms with Gasteiger partial charge in [0.05, 0.1) is 23.4 Å². The van der Waals surface area contributed by atoms with Crippen LogP contribution in [-0.2, 0) is 4.74 Å². The van der Waals surface area contributed by atoms with E-state index < -0.39 is 0 Å². The molecule has 5 aromatic rings. The van der Waals surface area contributed by atoms with Gasteiger partial charge in [0.2, 0.25) is 0 Å². The smallest absolute Gasteiger partial charge is 0.341 e. The number of nitrogens with zero attached hydrogens (tertiary/aromatic N) is 3. The molecule has 174 valence electrons. The summed E-state index contributed by atoms with van der Waals surface area (Å²) in [7, 11) is 0. The number of ether oxygens (including phenoxy) is 1. The van der Waals surface area contributed by atoms with Crippen molar-refractivity contribution in [2.24, 2.45) is 0 Å². The first-order valence-corrected chi connectivity index (χ1v) is 12.7. The van der Waals surface area contributed by atoms with Crippen LogP contribution >= 0.6 is 11.8 Å². The normalized spacial score (nSPS) is 11.1. The molecule has 0 bridgehead atoms. The third kappa shape index (κ3) is 4.21. The zero-order valence-corrected chi connectivity index (χ0v) is 20.7. The second-order valence-electron chi connectivity index (χ2n) is 8.12. The number of benzene rings is 3. The predicted molar refractivity (Wildman–Crippen MR) is 142 cm³/mol. The number of para-hydroxylation sites is 1. The maximum absolute atomic E-state index is 13.4. The van der Waals surface area contributed by atoms with Crippen molar-refractivity contribution in [2.75, 3.05) is 12.9 Å². The number of carbonyl (C=O) groups excluding carboxylic acids is 1. The topological polar surface area (TPSA) is 57.0 Å². The summed E-state index contributed by atoms with van der Waals surface area (Å²) in [5.41, 5.74) is 6.40. The van der Waals surface area contributed by atoms with Gasteiger partial charge in [0.1, 0.15) is 11.3 Å².